The van der Waals surface area contributed by atoms with Gasteiger partial charge in [-0.1, -0.05) is 0 Å². The molecule has 0 spiro atoms. The van der Waals surface area contributed by atoms with E-state index in [2.05, 4.69) is 9.98 Å². The van der Waals surface area contributed by atoms with E-state index >= 15 is 0 Å². The van der Waals surface area contributed by atoms with E-state index in [0.29, 0.717) is 0 Å². The molecule has 0 aromatic rings. The molecule has 6 heavy (non-hydrogen) atoms. The largest absolute Gasteiger partial charge is 0.268 e. The van der Waals surface area contributed by atoms with Crippen molar-refractivity contribution < 1.29 is 19.8 Å². The van der Waals surface area contributed by atoms with Crippen molar-refractivity contribution in [3.63, 3.8) is 0 Å². The van der Waals surface area contributed by atoms with Gasteiger partial charge in [0, 0.05) is 26.0 Å². The average Bonchev–Trinajstić information content (AvgIpc) is 1.76. The topological polar surface area (TPSA) is 24.7 Å². The monoisotopic (exact) mass is 260 g/mol. The Morgan fingerprint density at radius 3 is 2.50 bits per heavy atom. The summed E-state index contributed by atoms with van der Waals surface area (Å²) in [6, 6.07) is 0. The van der Waals surface area contributed by atoms with Gasteiger partial charge in [-0.2, -0.15) is 0 Å². The number of hydrogen-bond donors (Lipinski definition) is 0. The second kappa shape index (κ2) is 3.18. The molecule has 1 aliphatic rings. The van der Waals surface area contributed by atoms with Gasteiger partial charge in [0.2, 0.25) is 0 Å². The van der Waals surface area contributed by atoms with Crippen LogP contribution in [-0.4, -0.2) is 19.1 Å². The molecule has 0 saturated carbocycles. The van der Waals surface area contributed by atoms with E-state index in [1.807, 2.05) is 0 Å². The molecule has 1 aliphatic heterocycles. The zero-order chi connectivity index (χ0) is 3.54. The van der Waals surface area contributed by atoms with Gasteiger partial charge in [-0.3, -0.25) is 4.99 Å². The van der Waals surface area contributed by atoms with Gasteiger partial charge in [-0.15, -0.1) is 0 Å². The van der Waals surface area contributed by atoms with Gasteiger partial charge in [0.05, 0.1) is 6.54 Å². The summed E-state index contributed by atoms with van der Waals surface area (Å²) in [6.45, 7) is 0.778. The molecule has 0 atom stereocenters. The second-order valence-corrected chi connectivity index (χ2v) is 0.812. The van der Waals surface area contributed by atoms with Crippen LogP contribution in [0.4, 0.5) is 0 Å². The quantitative estimate of drug-likeness (QED) is 0.589. The van der Waals surface area contributed by atoms with Crippen LogP contribution in [0.3, 0.4) is 0 Å². The van der Waals surface area contributed by atoms with E-state index in [1.54, 1.807) is 12.6 Å². The maximum absolute atomic E-state index is 3.74. The van der Waals surface area contributed by atoms with Gasteiger partial charge in [0.25, 0.3) is 0 Å². The Hall–Kier alpha value is -0.0236. The first-order chi connectivity index (χ1) is 2.50. The fraction of sp³-hybridized carbons (Fsp3) is 0.333. The summed E-state index contributed by atoms with van der Waals surface area (Å²) >= 11 is 0. The third-order valence-corrected chi connectivity index (χ3v) is 0.441. The van der Waals surface area contributed by atoms with Gasteiger partial charge in [0.15, 0.2) is 0 Å². The summed E-state index contributed by atoms with van der Waals surface area (Å²) < 4.78 is 0. The van der Waals surface area contributed by atoms with Crippen LogP contribution in [0.25, 0.3) is 0 Å². The molecule has 0 aliphatic carbocycles. The predicted molar refractivity (Wildman–Crippen MR) is 21.9 cm³/mol. The summed E-state index contributed by atoms with van der Waals surface area (Å²) in [5, 5.41) is 0. The number of aliphatic imine (C=N–C) groups is 2. The molecule has 0 unspecified atom stereocenters. The van der Waals surface area contributed by atoms with E-state index in [9.17, 15) is 0 Å². The zero-order valence-electron chi connectivity index (χ0n) is 3.11. The van der Waals surface area contributed by atoms with Gasteiger partial charge >= 0.3 is 0 Å². The molecule has 3 heteroatoms. The smallest absolute Gasteiger partial charge is 0.109 e. The van der Waals surface area contributed by atoms with Crippen molar-refractivity contribution >= 4 is 12.6 Å². The van der Waals surface area contributed by atoms with Crippen molar-refractivity contribution in [2.75, 3.05) is 6.54 Å². The Bertz CT molecular complexity index is 66.9. The van der Waals surface area contributed by atoms with Crippen LogP contribution in [0.15, 0.2) is 9.98 Å². The molecule has 34 valence electrons. The fourth-order valence-corrected chi connectivity index (χ4v) is 0.236. The Labute approximate surface area is 49.4 Å². The molecule has 1 heterocycles. The van der Waals surface area contributed by atoms with Crippen molar-refractivity contribution in [1.82, 2.24) is 0 Å². The van der Waals surface area contributed by atoms with E-state index in [4.69, 9.17) is 0 Å². The van der Waals surface area contributed by atoms with Crippen LogP contribution in [0, 0.1) is 0 Å². The number of rotatable bonds is 0. The zero-order valence-corrected chi connectivity index (χ0v) is 5.65. The van der Waals surface area contributed by atoms with E-state index in [-0.39, 0.29) is 19.8 Å². The van der Waals surface area contributed by atoms with Gasteiger partial charge < -0.3 is 0 Å². The maximum atomic E-state index is 3.74. The Morgan fingerprint density at radius 2 is 2.33 bits per heavy atom. The maximum Gasteiger partial charge on any atom is 0.109 e. The molecule has 1 rings (SSSR count). The SMILES string of the molecule is C1=NC=NC1.[Os]. The first kappa shape index (κ1) is 5.98. The summed E-state index contributed by atoms with van der Waals surface area (Å²) in [5.41, 5.74) is 0. The summed E-state index contributed by atoms with van der Waals surface area (Å²) in [5.74, 6) is 0. The Kier molecular flexibility index (Phi) is 3.16. The minimum Gasteiger partial charge on any atom is -0.268 e. The summed E-state index contributed by atoms with van der Waals surface area (Å²) in [7, 11) is 0. The molecule has 0 aromatic carbocycles. The molecule has 0 bridgehead atoms. The van der Waals surface area contributed by atoms with E-state index in [1.165, 1.54) is 0 Å². The van der Waals surface area contributed by atoms with E-state index < -0.39 is 0 Å². The van der Waals surface area contributed by atoms with Crippen molar-refractivity contribution in [2.24, 2.45) is 9.98 Å². The van der Waals surface area contributed by atoms with E-state index in [0.717, 1.165) is 6.54 Å². The Morgan fingerprint density at radius 1 is 1.50 bits per heavy atom. The summed E-state index contributed by atoms with van der Waals surface area (Å²) in [6.07, 6.45) is 3.32. The number of nitrogens with zero attached hydrogens (tertiary/aromatic N) is 2. The Balaban J connectivity index is 0.000000250. The van der Waals surface area contributed by atoms with Crippen molar-refractivity contribution in [1.29, 1.82) is 0 Å². The minimum absolute atomic E-state index is 0. The number of hydrogen-bond acceptors (Lipinski definition) is 2. The molecule has 0 saturated heterocycles. The van der Waals surface area contributed by atoms with Crippen LogP contribution in [-0.2, 0) is 19.8 Å². The summed E-state index contributed by atoms with van der Waals surface area (Å²) in [4.78, 5) is 7.40. The standard InChI is InChI=1S/C3H4N2.Os/c1-2-5-3-4-1;/h1,3H,2H2;. The fourth-order valence-electron chi connectivity index (χ4n) is 0.236. The van der Waals surface area contributed by atoms with Crippen LogP contribution >= 0.6 is 0 Å². The van der Waals surface area contributed by atoms with Crippen molar-refractivity contribution in [3.8, 4) is 0 Å². The molecular formula is C3H4N2Os. The van der Waals surface area contributed by atoms with Gasteiger partial charge in [-0.05, 0) is 0 Å². The molecule has 2 nitrogen and oxygen atoms in total. The van der Waals surface area contributed by atoms with Crippen molar-refractivity contribution in [3.05, 3.63) is 0 Å². The second-order valence-electron chi connectivity index (χ2n) is 0.812. The van der Waals surface area contributed by atoms with Crippen LogP contribution in [0.1, 0.15) is 0 Å². The molecule has 0 amide bonds. The molecular weight excluding hydrogens is 254 g/mol. The third-order valence-electron chi connectivity index (χ3n) is 0.441. The van der Waals surface area contributed by atoms with Crippen LogP contribution in [0.5, 0.6) is 0 Å². The van der Waals surface area contributed by atoms with Crippen molar-refractivity contribution in [2.45, 2.75) is 0 Å². The minimum atomic E-state index is 0. The first-order valence-electron chi connectivity index (χ1n) is 1.50. The van der Waals surface area contributed by atoms with Crippen LogP contribution < -0.4 is 0 Å². The van der Waals surface area contributed by atoms with Crippen LogP contribution in [0.2, 0.25) is 0 Å². The molecule has 0 aromatic heterocycles. The molecule has 0 radical (unpaired) electrons. The third kappa shape index (κ3) is 1.42. The van der Waals surface area contributed by atoms with Gasteiger partial charge in [0.1, 0.15) is 6.34 Å². The average molecular weight is 258 g/mol. The molecule has 0 N–H and O–H groups in total. The normalized spacial score (nSPS) is 14.7. The van der Waals surface area contributed by atoms with Gasteiger partial charge in [-0.25, -0.2) is 4.99 Å². The molecule has 0 fully saturated rings. The predicted octanol–water partition coefficient (Wildman–Crippen LogP) is 0.0966. The first-order valence-corrected chi connectivity index (χ1v) is 1.50.